The third-order valence-electron chi connectivity index (χ3n) is 3.44. The molecule has 1 heterocycles. The van der Waals surface area contributed by atoms with E-state index in [-0.39, 0.29) is 25.2 Å². The summed E-state index contributed by atoms with van der Waals surface area (Å²) in [7, 11) is 0. The second-order valence-electron chi connectivity index (χ2n) is 5.42. The first-order chi connectivity index (χ1) is 10.4. The number of hydrogen-bond acceptors (Lipinski definition) is 5. The van der Waals surface area contributed by atoms with Gasteiger partial charge in [-0.05, 0) is 40.5 Å². The van der Waals surface area contributed by atoms with Crippen molar-refractivity contribution in [1.29, 1.82) is 0 Å². The number of likely N-dealkylation sites (tertiary alicyclic amines) is 1. The molecule has 0 radical (unpaired) electrons. The molecule has 1 aliphatic heterocycles. The van der Waals surface area contributed by atoms with Crippen LogP contribution < -0.4 is 0 Å². The number of esters is 2. The molecule has 0 N–H and O–H groups in total. The highest BCUT2D eigenvalue weighted by molar-refractivity contribution is 6.04. The molecule has 22 heavy (non-hydrogen) atoms. The number of allylic oxidation sites excluding steroid dienone is 2. The van der Waals surface area contributed by atoms with Gasteiger partial charge in [0.25, 0.3) is 0 Å². The summed E-state index contributed by atoms with van der Waals surface area (Å²) in [5.74, 6) is -1.66. The van der Waals surface area contributed by atoms with E-state index < -0.39 is 18.0 Å². The summed E-state index contributed by atoms with van der Waals surface area (Å²) in [5, 5.41) is 0. The van der Waals surface area contributed by atoms with Gasteiger partial charge in [-0.3, -0.25) is 4.79 Å². The van der Waals surface area contributed by atoms with E-state index in [1.54, 1.807) is 13.8 Å². The molecular formula is C16H25NO5. The maximum Gasteiger partial charge on any atom is 0.340 e. The zero-order valence-electron chi connectivity index (χ0n) is 13.8. The standard InChI is InChI=1S/C16H25NO5/c1-5-21-15(19)14(16(20)22-6-2)17-12(10-13(17)18)9-7-8-11(3)4/h8,12,14H,5-7,9-10H2,1-4H3. The Morgan fingerprint density at radius 1 is 1.23 bits per heavy atom. The van der Waals surface area contributed by atoms with Gasteiger partial charge in [-0.15, -0.1) is 0 Å². The van der Waals surface area contributed by atoms with Crippen LogP contribution in [-0.4, -0.2) is 48.0 Å². The first kappa shape index (κ1) is 18.2. The molecule has 1 aliphatic rings. The maximum atomic E-state index is 12.0. The summed E-state index contributed by atoms with van der Waals surface area (Å²) in [5.41, 5.74) is 1.20. The van der Waals surface area contributed by atoms with Crippen LogP contribution in [0.1, 0.15) is 47.0 Å². The Hall–Kier alpha value is -1.85. The topological polar surface area (TPSA) is 72.9 Å². The largest absolute Gasteiger partial charge is 0.464 e. The van der Waals surface area contributed by atoms with Crippen LogP contribution in [0.25, 0.3) is 0 Å². The van der Waals surface area contributed by atoms with E-state index in [2.05, 4.69) is 6.08 Å². The first-order valence-electron chi connectivity index (χ1n) is 7.70. The smallest absolute Gasteiger partial charge is 0.340 e. The molecule has 1 amide bonds. The summed E-state index contributed by atoms with van der Waals surface area (Å²) in [6.07, 6.45) is 3.94. The van der Waals surface area contributed by atoms with Crippen molar-refractivity contribution in [3.63, 3.8) is 0 Å². The highest BCUT2D eigenvalue weighted by atomic mass is 16.6. The van der Waals surface area contributed by atoms with Crippen LogP contribution >= 0.6 is 0 Å². The number of hydrogen-bond donors (Lipinski definition) is 0. The van der Waals surface area contributed by atoms with Gasteiger partial charge in [0, 0.05) is 12.5 Å². The van der Waals surface area contributed by atoms with Crippen molar-refractivity contribution in [1.82, 2.24) is 4.90 Å². The van der Waals surface area contributed by atoms with E-state index in [9.17, 15) is 14.4 Å². The molecule has 1 saturated heterocycles. The molecule has 1 rings (SSSR count). The van der Waals surface area contributed by atoms with Gasteiger partial charge in [0.2, 0.25) is 11.9 Å². The summed E-state index contributed by atoms with van der Waals surface area (Å²) < 4.78 is 9.84. The predicted octanol–water partition coefficient (Wildman–Crippen LogP) is 1.83. The van der Waals surface area contributed by atoms with Crippen molar-refractivity contribution in [2.75, 3.05) is 13.2 Å². The van der Waals surface area contributed by atoms with Crippen LogP contribution in [-0.2, 0) is 23.9 Å². The number of amides is 1. The van der Waals surface area contributed by atoms with E-state index >= 15 is 0 Å². The number of nitrogens with zero attached hydrogens (tertiary/aromatic N) is 1. The number of ether oxygens (including phenoxy) is 2. The molecule has 1 unspecified atom stereocenters. The van der Waals surface area contributed by atoms with Gasteiger partial charge >= 0.3 is 11.9 Å². The number of β-lactam (4-membered cyclic amide) rings is 1. The lowest BCUT2D eigenvalue weighted by atomic mass is 9.93. The minimum Gasteiger partial charge on any atom is -0.464 e. The summed E-state index contributed by atoms with van der Waals surface area (Å²) in [4.78, 5) is 37.3. The van der Waals surface area contributed by atoms with Gasteiger partial charge in [0.1, 0.15) is 0 Å². The van der Waals surface area contributed by atoms with Gasteiger partial charge in [-0.2, -0.15) is 0 Å². The average Bonchev–Trinajstić information content (AvgIpc) is 2.43. The second-order valence-corrected chi connectivity index (χ2v) is 5.42. The Bertz CT molecular complexity index is 435. The number of rotatable bonds is 8. The van der Waals surface area contributed by atoms with Crippen LogP contribution in [0.5, 0.6) is 0 Å². The highest BCUT2D eigenvalue weighted by Crippen LogP contribution is 2.27. The SMILES string of the molecule is CCOC(=O)C(C(=O)OCC)N1C(=O)CC1CCC=C(C)C. The fraction of sp³-hybridized carbons (Fsp3) is 0.688. The van der Waals surface area contributed by atoms with Crippen LogP contribution in [0.4, 0.5) is 0 Å². The molecule has 6 heteroatoms. The molecule has 0 spiro atoms. The Morgan fingerprint density at radius 2 is 1.77 bits per heavy atom. The lowest BCUT2D eigenvalue weighted by Gasteiger charge is -2.43. The van der Waals surface area contributed by atoms with E-state index in [0.29, 0.717) is 12.8 Å². The van der Waals surface area contributed by atoms with E-state index in [1.807, 2.05) is 13.8 Å². The molecule has 0 aromatic carbocycles. The monoisotopic (exact) mass is 311 g/mol. The quantitative estimate of drug-likeness (QED) is 0.296. The molecule has 1 fully saturated rings. The van der Waals surface area contributed by atoms with Gasteiger partial charge in [0.05, 0.1) is 13.2 Å². The Labute approximate surface area is 131 Å². The van der Waals surface area contributed by atoms with Crippen molar-refractivity contribution >= 4 is 17.8 Å². The molecule has 124 valence electrons. The minimum absolute atomic E-state index is 0.123. The summed E-state index contributed by atoms with van der Waals surface area (Å²) in [6.45, 7) is 7.63. The molecule has 1 atom stereocenters. The number of carbonyl (C=O) groups is 3. The maximum absolute atomic E-state index is 12.0. The summed E-state index contributed by atoms with van der Waals surface area (Å²) >= 11 is 0. The molecular weight excluding hydrogens is 286 g/mol. The second kappa shape index (κ2) is 8.56. The lowest BCUT2D eigenvalue weighted by Crippen LogP contribution is -2.62. The van der Waals surface area contributed by atoms with Crippen LogP contribution in [0.2, 0.25) is 0 Å². The zero-order chi connectivity index (χ0) is 16.7. The normalized spacial score (nSPS) is 17.0. The molecule has 0 aromatic heterocycles. The van der Waals surface area contributed by atoms with Crippen molar-refractivity contribution in [2.45, 2.75) is 59.0 Å². The lowest BCUT2D eigenvalue weighted by molar-refractivity contribution is -0.176. The Kier molecular flexibility index (Phi) is 7.08. The zero-order valence-corrected chi connectivity index (χ0v) is 13.8. The van der Waals surface area contributed by atoms with Crippen LogP contribution in [0.3, 0.4) is 0 Å². The Balaban J connectivity index is 2.81. The molecule has 0 bridgehead atoms. The van der Waals surface area contributed by atoms with Crippen molar-refractivity contribution < 1.29 is 23.9 Å². The van der Waals surface area contributed by atoms with Crippen LogP contribution in [0, 0.1) is 0 Å². The molecule has 0 saturated carbocycles. The third-order valence-corrected chi connectivity index (χ3v) is 3.44. The molecule has 0 aliphatic carbocycles. The van der Waals surface area contributed by atoms with E-state index in [0.717, 1.165) is 6.42 Å². The van der Waals surface area contributed by atoms with Gasteiger partial charge in [-0.25, -0.2) is 9.59 Å². The van der Waals surface area contributed by atoms with Crippen molar-refractivity contribution in [3.8, 4) is 0 Å². The van der Waals surface area contributed by atoms with E-state index in [4.69, 9.17) is 9.47 Å². The predicted molar refractivity (Wildman–Crippen MR) is 81.0 cm³/mol. The first-order valence-corrected chi connectivity index (χ1v) is 7.70. The fourth-order valence-electron chi connectivity index (χ4n) is 2.42. The van der Waals surface area contributed by atoms with E-state index in [1.165, 1.54) is 10.5 Å². The number of carbonyl (C=O) groups excluding carboxylic acids is 3. The third kappa shape index (κ3) is 4.58. The van der Waals surface area contributed by atoms with Gasteiger partial charge in [0.15, 0.2) is 0 Å². The van der Waals surface area contributed by atoms with Crippen molar-refractivity contribution in [3.05, 3.63) is 11.6 Å². The highest BCUT2D eigenvalue weighted by Gasteiger charge is 2.48. The molecule has 6 nitrogen and oxygen atoms in total. The Morgan fingerprint density at radius 3 is 2.18 bits per heavy atom. The fourth-order valence-corrected chi connectivity index (χ4v) is 2.42. The summed E-state index contributed by atoms with van der Waals surface area (Å²) in [6, 6.07) is -1.40. The van der Waals surface area contributed by atoms with Gasteiger partial charge in [-0.1, -0.05) is 11.6 Å². The molecule has 0 aromatic rings. The van der Waals surface area contributed by atoms with Gasteiger partial charge < -0.3 is 14.4 Å². The minimum atomic E-state index is -1.28. The average molecular weight is 311 g/mol. The van der Waals surface area contributed by atoms with Crippen molar-refractivity contribution in [2.24, 2.45) is 0 Å². The van der Waals surface area contributed by atoms with Crippen LogP contribution in [0.15, 0.2) is 11.6 Å².